The predicted molar refractivity (Wildman–Crippen MR) is 116 cm³/mol. The lowest BCUT2D eigenvalue weighted by Crippen LogP contribution is -2.41. The Morgan fingerprint density at radius 2 is 1.83 bits per heavy atom. The standard InChI is InChI=1S/C12H23NO3.C10H15NO2/c1-11(2,3)7-9(8-14)13-10(15)16-12(4,5)6;1-11-6-5-8-3-4-10(13-2)9(12)7-8/h8-9H,7H2,1-6H3,(H,13,15);3-4,7,11-12H,5-6H2,1-2H3/t9-;/m1./s1. The van der Waals surface area contributed by atoms with Gasteiger partial charge in [0.2, 0.25) is 0 Å². The van der Waals surface area contributed by atoms with E-state index in [1.54, 1.807) is 40.0 Å². The van der Waals surface area contributed by atoms with Gasteiger partial charge < -0.3 is 30.0 Å². The minimum atomic E-state index is -0.547. The lowest BCUT2D eigenvalue weighted by Gasteiger charge is -2.25. The molecule has 0 saturated heterocycles. The molecule has 1 aromatic carbocycles. The van der Waals surface area contributed by atoms with Gasteiger partial charge in [0, 0.05) is 0 Å². The summed E-state index contributed by atoms with van der Waals surface area (Å²) in [7, 11) is 3.45. The molecule has 0 spiro atoms. The number of carbonyl (C=O) groups excluding carboxylic acids is 2. The average molecular weight is 411 g/mol. The number of rotatable bonds is 7. The van der Waals surface area contributed by atoms with Crippen LogP contribution in [-0.2, 0) is 16.0 Å². The minimum Gasteiger partial charge on any atom is -0.504 e. The Hall–Kier alpha value is -2.28. The summed E-state index contributed by atoms with van der Waals surface area (Å²) in [6.07, 6.45) is 1.70. The van der Waals surface area contributed by atoms with Crippen molar-refractivity contribution in [2.75, 3.05) is 20.7 Å². The summed E-state index contributed by atoms with van der Waals surface area (Å²) in [5.41, 5.74) is 0.549. The van der Waals surface area contributed by atoms with Crippen molar-refractivity contribution in [1.29, 1.82) is 0 Å². The van der Waals surface area contributed by atoms with Gasteiger partial charge in [0.1, 0.15) is 11.9 Å². The highest BCUT2D eigenvalue weighted by atomic mass is 16.6. The van der Waals surface area contributed by atoms with Crippen LogP contribution in [0.2, 0.25) is 0 Å². The molecule has 29 heavy (non-hydrogen) atoms. The molecule has 0 aromatic heterocycles. The van der Waals surface area contributed by atoms with E-state index >= 15 is 0 Å². The summed E-state index contributed by atoms with van der Waals surface area (Å²) < 4.78 is 10.0. The van der Waals surface area contributed by atoms with Crippen molar-refractivity contribution in [3.63, 3.8) is 0 Å². The van der Waals surface area contributed by atoms with Crippen LogP contribution in [0.5, 0.6) is 11.5 Å². The zero-order valence-electron chi connectivity index (χ0n) is 19.1. The predicted octanol–water partition coefficient (Wildman–Crippen LogP) is 3.68. The summed E-state index contributed by atoms with van der Waals surface area (Å²) in [6, 6.07) is 4.97. The van der Waals surface area contributed by atoms with Gasteiger partial charge in [-0.1, -0.05) is 26.8 Å². The van der Waals surface area contributed by atoms with Gasteiger partial charge in [0.25, 0.3) is 0 Å². The first-order valence-electron chi connectivity index (χ1n) is 9.76. The SMILES string of the molecule is CC(C)(C)C[C@H](C=O)NC(=O)OC(C)(C)C.CNCCc1ccc(OC)c(O)c1. The van der Waals surface area contributed by atoms with E-state index in [9.17, 15) is 14.7 Å². The second-order valence-corrected chi connectivity index (χ2v) is 9.01. The first-order valence-corrected chi connectivity index (χ1v) is 9.76. The number of hydrogen-bond donors (Lipinski definition) is 3. The Morgan fingerprint density at radius 3 is 2.24 bits per heavy atom. The lowest BCUT2D eigenvalue weighted by atomic mass is 9.88. The maximum atomic E-state index is 11.4. The van der Waals surface area contributed by atoms with E-state index in [0.717, 1.165) is 24.8 Å². The summed E-state index contributed by atoms with van der Waals surface area (Å²) in [5.74, 6) is 0.726. The normalized spacial score (nSPS) is 12.3. The van der Waals surface area contributed by atoms with E-state index in [0.29, 0.717) is 12.2 Å². The van der Waals surface area contributed by atoms with Crippen LogP contribution in [0.1, 0.15) is 53.5 Å². The first-order chi connectivity index (χ1) is 13.3. The van der Waals surface area contributed by atoms with Crippen molar-refractivity contribution in [3.05, 3.63) is 23.8 Å². The van der Waals surface area contributed by atoms with E-state index in [-0.39, 0.29) is 11.2 Å². The van der Waals surface area contributed by atoms with Gasteiger partial charge in [-0.15, -0.1) is 0 Å². The molecular formula is C22H38N2O5. The smallest absolute Gasteiger partial charge is 0.408 e. The van der Waals surface area contributed by atoms with Gasteiger partial charge in [0.05, 0.1) is 13.2 Å². The fourth-order valence-corrected chi connectivity index (χ4v) is 2.41. The number of hydrogen-bond acceptors (Lipinski definition) is 6. The third-order valence-corrected chi connectivity index (χ3v) is 3.61. The Morgan fingerprint density at radius 1 is 1.21 bits per heavy atom. The molecule has 1 amide bonds. The first kappa shape index (κ1) is 26.7. The molecule has 1 atom stereocenters. The number of phenolic OH excluding ortho intramolecular Hbond substituents is 1. The Balaban J connectivity index is 0.000000551. The third-order valence-electron chi connectivity index (χ3n) is 3.61. The van der Waals surface area contributed by atoms with Crippen LogP contribution in [0.15, 0.2) is 18.2 Å². The number of ether oxygens (including phenoxy) is 2. The molecule has 0 saturated carbocycles. The second kappa shape index (κ2) is 12.3. The number of methoxy groups -OCH3 is 1. The maximum absolute atomic E-state index is 11.4. The molecular weight excluding hydrogens is 372 g/mol. The van der Waals surface area contributed by atoms with Crippen molar-refractivity contribution in [1.82, 2.24) is 10.6 Å². The average Bonchev–Trinajstić information content (AvgIpc) is 2.57. The van der Waals surface area contributed by atoms with Crippen LogP contribution >= 0.6 is 0 Å². The van der Waals surface area contributed by atoms with E-state index < -0.39 is 17.7 Å². The van der Waals surface area contributed by atoms with Gasteiger partial charge in [-0.2, -0.15) is 0 Å². The van der Waals surface area contributed by atoms with Crippen molar-refractivity contribution >= 4 is 12.4 Å². The van der Waals surface area contributed by atoms with Gasteiger partial charge in [0.15, 0.2) is 11.5 Å². The molecule has 0 unspecified atom stereocenters. The molecule has 0 radical (unpaired) electrons. The second-order valence-electron chi connectivity index (χ2n) is 9.01. The van der Waals surface area contributed by atoms with Gasteiger partial charge in [-0.3, -0.25) is 0 Å². The lowest BCUT2D eigenvalue weighted by molar-refractivity contribution is -0.110. The van der Waals surface area contributed by atoms with Crippen LogP contribution in [0.25, 0.3) is 0 Å². The molecule has 1 rings (SSSR count). The minimum absolute atomic E-state index is 0.0133. The van der Waals surface area contributed by atoms with Gasteiger partial charge in [-0.25, -0.2) is 4.79 Å². The number of benzene rings is 1. The zero-order chi connectivity index (χ0) is 22.7. The fraction of sp³-hybridized carbons (Fsp3) is 0.636. The van der Waals surface area contributed by atoms with Crippen molar-refractivity contribution in [2.24, 2.45) is 5.41 Å². The number of amides is 1. The quantitative estimate of drug-likeness (QED) is 0.594. The Bertz CT molecular complexity index is 633. The number of carbonyl (C=O) groups is 2. The molecule has 0 aliphatic rings. The molecule has 0 bridgehead atoms. The van der Waals surface area contributed by atoms with Crippen molar-refractivity contribution in [2.45, 2.75) is 66.0 Å². The summed E-state index contributed by atoms with van der Waals surface area (Å²) in [4.78, 5) is 22.2. The molecule has 0 aliphatic heterocycles. The number of aromatic hydroxyl groups is 1. The van der Waals surface area contributed by atoms with E-state index in [1.165, 1.54) is 0 Å². The van der Waals surface area contributed by atoms with E-state index in [4.69, 9.17) is 9.47 Å². The molecule has 7 heteroatoms. The molecule has 0 fully saturated rings. The molecule has 0 aliphatic carbocycles. The Labute approximate surface area is 175 Å². The monoisotopic (exact) mass is 410 g/mol. The van der Waals surface area contributed by atoms with Crippen molar-refractivity contribution < 1.29 is 24.2 Å². The van der Waals surface area contributed by atoms with Crippen LogP contribution in [0.3, 0.4) is 0 Å². The molecule has 166 valence electrons. The fourth-order valence-electron chi connectivity index (χ4n) is 2.41. The van der Waals surface area contributed by atoms with Gasteiger partial charge in [-0.05, 0) is 70.3 Å². The molecule has 1 aromatic rings. The topological polar surface area (TPSA) is 96.9 Å². The maximum Gasteiger partial charge on any atom is 0.408 e. The highest BCUT2D eigenvalue weighted by Crippen LogP contribution is 2.26. The number of phenols is 1. The summed E-state index contributed by atoms with van der Waals surface area (Å²) >= 11 is 0. The Kier molecular flexibility index (Phi) is 11.3. The number of alkyl carbamates (subject to hydrolysis) is 1. The largest absolute Gasteiger partial charge is 0.504 e. The number of aldehydes is 1. The van der Waals surface area contributed by atoms with E-state index in [2.05, 4.69) is 10.6 Å². The van der Waals surface area contributed by atoms with E-state index in [1.807, 2.05) is 33.9 Å². The van der Waals surface area contributed by atoms with Crippen molar-refractivity contribution in [3.8, 4) is 11.5 Å². The van der Waals surface area contributed by atoms with Crippen LogP contribution in [0.4, 0.5) is 4.79 Å². The summed E-state index contributed by atoms with van der Waals surface area (Å²) in [6.45, 7) is 12.3. The molecule has 7 nitrogen and oxygen atoms in total. The summed E-state index contributed by atoms with van der Waals surface area (Å²) in [5, 5.41) is 15.0. The number of nitrogens with one attached hydrogen (secondary N) is 2. The molecule has 0 heterocycles. The van der Waals surface area contributed by atoms with Crippen LogP contribution in [-0.4, -0.2) is 49.8 Å². The van der Waals surface area contributed by atoms with Crippen LogP contribution < -0.4 is 15.4 Å². The van der Waals surface area contributed by atoms with Gasteiger partial charge >= 0.3 is 6.09 Å². The molecule has 3 N–H and O–H groups in total. The number of likely N-dealkylation sites (N-methyl/N-ethyl adjacent to an activating group) is 1. The third kappa shape index (κ3) is 13.5. The van der Waals surface area contributed by atoms with Crippen LogP contribution in [0, 0.1) is 5.41 Å². The highest BCUT2D eigenvalue weighted by molar-refractivity contribution is 5.73. The zero-order valence-corrected chi connectivity index (χ0v) is 19.1. The highest BCUT2D eigenvalue weighted by Gasteiger charge is 2.22.